The number of rotatable bonds is 5. The molecule has 6 nitrogen and oxygen atoms in total. The van der Waals surface area contributed by atoms with Crippen LogP contribution in [-0.4, -0.2) is 42.8 Å². The van der Waals surface area contributed by atoms with Crippen LogP contribution in [0, 0.1) is 0 Å². The highest BCUT2D eigenvalue weighted by atomic mass is 16.7. The summed E-state index contributed by atoms with van der Waals surface area (Å²) in [6.07, 6.45) is -1.69. The fourth-order valence-corrected chi connectivity index (χ4v) is 2.33. The number of carbonyl (C=O) groups is 1. The Bertz CT molecular complexity index is 451. The summed E-state index contributed by atoms with van der Waals surface area (Å²) < 4.78 is 15.8. The number of methoxy groups -OCH3 is 1. The van der Waals surface area contributed by atoms with E-state index in [4.69, 9.17) is 14.2 Å². The second-order valence-corrected chi connectivity index (χ2v) is 5.05. The van der Waals surface area contributed by atoms with E-state index in [0.29, 0.717) is 6.42 Å². The van der Waals surface area contributed by atoms with E-state index in [-0.39, 0.29) is 12.6 Å². The zero-order chi connectivity index (χ0) is 15.2. The van der Waals surface area contributed by atoms with Crippen LogP contribution < -0.4 is 5.32 Å². The van der Waals surface area contributed by atoms with Crippen molar-refractivity contribution >= 4 is 6.09 Å². The SMILES string of the molecule is COC1C[C@H](NC(=O)OCc2ccccc2)[C@H]([C@@H](C)O)O1. The largest absolute Gasteiger partial charge is 0.445 e. The summed E-state index contributed by atoms with van der Waals surface area (Å²) in [5.74, 6) is 0. The number of carbonyl (C=O) groups excluding carboxylic acids is 1. The third-order valence-corrected chi connectivity index (χ3v) is 3.41. The molecule has 21 heavy (non-hydrogen) atoms. The average molecular weight is 295 g/mol. The van der Waals surface area contributed by atoms with Gasteiger partial charge >= 0.3 is 6.09 Å². The molecule has 0 saturated carbocycles. The van der Waals surface area contributed by atoms with Crippen molar-refractivity contribution in [3.63, 3.8) is 0 Å². The van der Waals surface area contributed by atoms with Crippen molar-refractivity contribution in [1.29, 1.82) is 0 Å². The van der Waals surface area contributed by atoms with Crippen LogP contribution in [0.4, 0.5) is 4.79 Å². The lowest BCUT2D eigenvalue weighted by Gasteiger charge is -2.21. The summed E-state index contributed by atoms with van der Waals surface area (Å²) in [5, 5.41) is 12.4. The van der Waals surface area contributed by atoms with E-state index in [0.717, 1.165) is 5.56 Å². The van der Waals surface area contributed by atoms with E-state index in [9.17, 15) is 9.90 Å². The van der Waals surface area contributed by atoms with Crippen molar-refractivity contribution in [2.75, 3.05) is 7.11 Å². The van der Waals surface area contributed by atoms with Gasteiger partial charge in [-0.2, -0.15) is 0 Å². The summed E-state index contributed by atoms with van der Waals surface area (Å²) in [5.41, 5.74) is 0.914. The first-order valence-corrected chi connectivity index (χ1v) is 6.93. The predicted octanol–water partition coefficient (Wildman–Crippen LogP) is 1.42. The Balaban J connectivity index is 1.83. The quantitative estimate of drug-likeness (QED) is 0.859. The molecule has 1 aromatic carbocycles. The molecule has 1 saturated heterocycles. The van der Waals surface area contributed by atoms with Crippen molar-refractivity contribution in [2.24, 2.45) is 0 Å². The summed E-state index contributed by atoms with van der Waals surface area (Å²) in [6.45, 7) is 1.82. The lowest BCUT2D eigenvalue weighted by Crippen LogP contribution is -2.45. The average Bonchev–Trinajstić information content (AvgIpc) is 2.89. The van der Waals surface area contributed by atoms with E-state index in [1.807, 2.05) is 30.3 Å². The van der Waals surface area contributed by atoms with Crippen LogP contribution >= 0.6 is 0 Å². The lowest BCUT2D eigenvalue weighted by molar-refractivity contribution is -0.137. The molecule has 1 heterocycles. The number of benzene rings is 1. The molecule has 4 atom stereocenters. The Hall–Kier alpha value is -1.63. The maximum absolute atomic E-state index is 11.8. The highest BCUT2D eigenvalue weighted by Crippen LogP contribution is 2.23. The second kappa shape index (κ2) is 7.40. The van der Waals surface area contributed by atoms with Crippen LogP contribution in [-0.2, 0) is 20.8 Å². The van der Waals surface area contributed by atoms with Gasteiger partial charge in [-0.15, -0.1) is 0 Å². The summed E-state index contributed by atoms with van der Waals surface area (Å²) in [6, 6.07) is 9.09. The minimum Gasteiger partial charge on any atom is -0.445 e. The predicted molar refractivity (Wildman–Crippen MR) is 75.5 cm³/mol. The number of hydrogen-bond acceptors (Lipinski definition) is 5. The Morgan fingerprint density at radius 2 is 2.19 bits per heavy atom. The number of amides is 1. The first-order valence-electron chi connectivity index (χ1n) is 6.93. The zero-order valence-corrected chi connectivity index (χ0v) is 12.2. The minimum absolute atomic E-state index is 0.202. The molecule has 116 valence electrons. The highest BCUT2D eigenvalue weighted by Gasteiger charge is 2.39. The molecule has 1 fully saturated rings. The normalized spacial score (nSPS) is 26.3. The van der Waals surface area contributed by atoms with Gasteiger partial charge in [0.1, 0.15) is 12.7 Å². The van der Waals surface area contributed by atoms with Crippen LogP contribution in [0.1, 0.15) is 18.9 Å². The fourth-order valence-electron chi connectivity index (χ4n) is 2.33. The molecule has 1 aliphatic heterocycles. The van der Waals surface area contributed by atoms with E-state index in [1.165, 1.54) is 7.11 Å². The number of nitrogens with one attached hydrogen (secondary N) is 1. The Morgan fingerprint density at radius 3 is 2.81 bits per heavy atom. The highest BCUT2D eigenvalue weighted by molar-refractivity contribution is 5.67. The van der Waals surface area contributed by atoms with Crippen molar-refractivity contribution in [3.8, 4) is 0 Å². The van der Waals surface area contributed by atoms with E-state index >= 15 is 0 Å². The molecule has 1 unspecified atom stereocenters. The first-order chi connectivity index (χ1) is 10.1. The minimum atomic E-state index is -0.704. The van der Waals surface area contributed by atoms with E-state index < -0.39 is 24.6 Å². The second-order valence-electron chi connectivity index (χ2n) is 5.05. The van der Waals surface area contributed by atoms with Crippen LogP contribution in [0.15, 0.2) is 30.3 Å². The molecular formula is C15H21NO5. The topological polar surface area (TPSA) is 77.0 Å². The van der Waals surface area contributed by atoms with Gasteiger partial charge in [0, 0.05) is 13.5 Å². The van der Waals surface area contributed by atoms with Crippen LogP contribution in [0.25, 0.3) is 0 Å². The van der Waals surface area contributed by atoms with Gasteiger partial charge in [0.2, 0.25) is 0 Å². The van der Waals surface area contributed by atoms with Crippen molar-refractivity contribution in [1.82, 2.24) is 5.32 Å². The van der Waals surface area contributed by atoms with Gasteiger partial charge < -0.3 is 24.6 Å². The van der Waals surface area contributed by atoms with Gasteiger partial charge in [-0.1, -0.05) is 30.3 Å². The Labute approximate surface area is 124 Å². The molecule has 1 aromatic rings. The van der Waals surface area contributed by atoms with E-state index in [1.54, 1.807) is 6.92 Å². The number of aliphatic hydroxyl groups excluding tert-OH is 1. The molecule has 0 bridgehead atoms. The molecule has 1 aliphatic rings. The molecule has 1 amide bonds. The third kappa shape index (κ3) is 4.42. The maximum Gasteiger partial charge on any atom is 0.407 e. The molecule has 0 radical (unpaired) electrons. The van der Waals surface area contributed by atoms with Gasteiger partial charge in [0.25, 0.3) is 0 Å². The van der Waals surface area contributed by atoms with Crippen molar-refractivity contribution in [2.45, 2.75) is 44.5 Å². The molecule has 6 heteroatoms. The van der Waals surface area contributed by atoms with E-state index in [2.05, 4.69) is 5.32 Å². The standard InChI is InChI=1S/C15H21NO5/c1-10(17)14-12(8-13(19-2)21-14)16-15(18)20-9-11-6-4-3-5-7-11/h3-7,10,12-14,17H,8-9H2,1-2H3,(H,16,18)/t10-,12+,13?,14+/m1/s1. The lowest BCUT2D eigenvalue weighted by atomic mass is 10.1. The van der Waals surface area contributed by atoms with Crippen molar-refractivity contribution < 1.29 is 24.1 Å². The van der Waals surface area contributed by atoms with Gasteiger partial charge in [-0.25, -0.2) is 4.79 Å². The van der Waals surface area contributed by atoms with Crippen LogP contribution in [0.5, 0.6) is 0 Å². The number of ether oxygens (including phenoxy) is 3. The fraction of sp³-hybridized carbons (Fsp3) is 0.533. The number of alkyl carbamates (subject to hydrolysis) is 1. The maximum atomic E-state index is 11.8. The smallest absolute Gasteiger partial charge is 0.407 e. The molecule has 2 rings (SSSR count). The van der Waals surface area contributed by atoms with Gasteiger partial charge in [0.15, 0.2) is 6.29 Å². The summed E-state index contributed by atoms with van der Waals surface area (Å²) in [4.78, 5) is 11.8. The Kier molecular flexibility index (Phi) is 5.55. The monoisotopic (exact) mass is 295 g/mol. The molecule has 0 aromatic heterocycles. The number of hydrogen-bond donors (Lipinski definition) is 2. The van der Waals surface area contributed by atoms with Gasteiger partial charge in [0.05, 0.1) is 12.1 Å². The number of aliphatic hydroxyl groups is 1. The molecule has 0 spiro atoms. The van der Waals surface area contributed by atoms with Crippen molar-refractivity contribution in [3.05, 3.63) is 35.9 Å². The Morgan fingerprint density at radius 1 is 1.48 bits per heavy atom. The first kappa shape index (κ1) is 15.8. The zero-order valence-electron chi connectivity index (χ0n) is 12.2. The van der Waals surface area contributed by atoms with Gasteiger partial charge in [-0.3, -0.25) is 0 Å². The van der Waals surface area contributed by atoms with Crippen LogP contribution in [0.3, 0.4) is 0 Å². The molecule has 2 N–H and O–H groups in total. The van der Waals surface area contributed by atoms with Crippen LogP contribution in [0.2, 0.25) is 0 Å². The summed E-state index contributed by atoms with van der Waals surface area (Å²) in [7, 11) is 1.53. The molecule has 0 aliphatic carbocycles. The molecular weight excluding hydrogens is 274 g/mol. The summed E-state index contributed by atoms with van der Waals surface area (Å²) >= 11 is 0. The third-order valence-electron chi connectivity index (χ3n) is 3.41. The van der Waals surface area contributed by atoms with Gasteiger partial charge in [-0.05, 0) is 12.5 Å².